The lowest BCUT2D eigenvalue weighted by molar-refractivity contribution is -0.137. The largest absolute Gasteiger partial charge is 0.439 e. The van der Waals surface area contributed by atoms with E-state index in [-0.39, 0.29) is 41.7 Å². The third-order valence-electron chi connectivity index (χ3n) is 10.1. The zero-order valence-corrected chi connectivity index (χ0v) is 28.2. The van der Waals surface area contributed by atoms with Crippen molar-refractivity contribution in [1.82, 2.24) is 29.7 Å². The number of H-pyrrole nitrogens is 1. The van der Waals surface area contributed by atoms with E-state index in [9.17, 15) is 9.59 Å². The standard InChI is InChI=1S/C39H44N6O3/c1-43(2)34(25-13-7-5-8-14-25)36(46)28-17-11-18-29(28)37-41-30-21-20-27(23-31(30)42-37)38-40-24-33(48-38)32-19-12-22-45(32)39(47)35(44(3)4)26-15-9-6-10-16-26/h5-10,13-16,20-21,23-24,28-29,32,34-35H,11-12,17-19,22H2,1-4H3,(H,41,42)/t28?,29-,32+,34-,35-/m1/s1. The lowest BCUT2D eigenvalue weighted by Crippen LogP contribution is -2.40. The van der Waals surface area contributed by atoms with Crippen molar-refractivity contribution >= 4 is 22.7 Å². The highest BCUT2D eigenvalue weighted by Crippen LogP contribution is 2.43. The van der Waals surface area contributed by atoms with Crippen LogP contribution in [-0.4, -0.2) is 76.1 Å². The monoisotopic (exact) mass is 644 g/mol. The Kier molecular flexibility index (Phi) is 8.98. The minimum absolute atomic E-state index is 0.0422. The first-order valence-corrected chi connectivity index (χ1v) is 17.0. The van der Waals surface area contributed by atoms with Crippen molar-refractivity contribution in [2.75, 3.05) is 34.7 Å². The third-order valence-corrected chi connectivity index (χ3v) is 10.1. The van der Waals surface area contributed by atoms with Gasteiger partial charge in [-0.05, 0) is 83.2 Å². The number of nitrogens with zero attached hydrogens (tertiary/aromatic N) is 5. The number of oxazole rings is 1. The number of hydrogen-bond acceptors (Lipinski definition) is 7. The van der Waals surface area contributed by atoms with Crippen LogP contribution in [0.2, 0.25) is 0 Å². The maximum atomic E-state index is 14.0. The third kappa shape index (κ3) is 6.08. The molecule has 3 heterocycles. The minimum Gasteiger partial charge on any atom is -0.439 e. The molecule has 0 bridgehead atoms. The fourth-order valence-electron chi connectivity index (χ4n) is 7.88. The van der Waals surface area contributed by atoms with Gasteiger partial charge in [0.25, 0.3) is 0 Å². The Morgan fingerprint density at radius 3 is 2.23 bits per heavy atom. The number of amides is 1. The number of carbonyl (C=O) groups excluding carboxylic acids is 2. The van der Waals surface area contributed by atoms with Crippen molar-refractivity contribution in [1.29, 1.82) is 0 Å². The van der Waals surface area contributed by atoms with Gasteiger partial charge in [0.2, 0.25) is 11.8 Å². The molecule has 1 amide bonds. The molecular formula is C39H44N6O3. The fourth-order valence-corrected chi connectivity index (χ4v) is 7.88. The molecule has 1 N–H and O–H groups in total. The van der Waals surface area contributed by atoms with E-state index in [1.54, 1.807) is 6.20 Å². The van der Waals surface area contributed by atoms with Crippen LogP contribution < -0.4 is 0 Å². The second-order valence-corrected chi connectivity index (χ2v) is 13.7. The van der Waals surface area contributed by atoms with Gasteiger partial charge in [0, 0.05) is 23.9 Å². The average Bonchev–Trinajstić information content (AvgIpc) is 3.91. The van der Waals surface area contributed by atoms with Crippen LogP contribution in [0.15, 0.2) is 89.5 Å². The van der Waals surface area contributed by atoms with Gasteiger partial charge in [0.15, 0.2) is 5.78 Å². The summed E-state index contributed by atoms with van der Waals surface area (Å²) >= 11 is 0. The van der Waals surface area contributed by atoms with Gasteiger partial charge in [-0.25, -0.2) is 9.97 Å². The Hall–Kier alpha value is -4.60. The van der Waals surface area contributed by atoms with Crippen LogP contribution in [0.3, 0.4) is 0 Å². The Labute approximate surface area is 282 Å². The van der Waals surface area contributed by atoms with Crippen molar-refractivity contribution in [3.05, 3.63) is 108 Å². The quantitative estimate of drug-likeness (QED) is 0.176. The summed E-state index contributed by atoms with van der Waals surface area (Å²) in [5, 5.41) is 0. The molecule has 2 aliphatic rings. The van der Waals surface area contributed by atoms with E-state index in [0.717, 1.165) is 65.7 Å². The first-order chi connectivity index (χ1) is 23.3. The normalized spacial score (nSPS) is 21.0. The molecule has 0 radical (unpaired) electrons. The Bertz CT molecular complexity index is 1880. The summed E-state index contributed by atoms with van der Waals surface area (Å²) < 4.78 is 6.37. The molecule has 248 valence electrons. The second kappa shape index (κ2) is 13.5. The summed E-state index contributed by atoms with van der Waals surface area (Å²) in [4.78, 5) is 47.0. The number of nitrogens with one attached hydrogen (secondary N) is 1. The lowest BCUT2D eigenvalue weighted by Gasteiger charge is -2.31. The molecule has 48 heavy (non-hydrogen) atoms. The second-order valence-electron chi connectivity index (χ2n) is 13.7. The fraction of sp³-hybridized carbons (Fsp3) is 0.385. The summed E-state index contributed by atoms with van der Waals surface area (Å²) in [7, 11) is 7.84. The van der Waals surface area contributed by atoms with Gasteiger partial charge in [0.05, 0.1) is 29.3 Å². The van der Waals surface area contributed by atoms with Crippen molar-refractivity contribution < 1.29 is 14.0 Å². The number of hydrogen-bond donors (Lipinski definition) is 1. The Morgan fingerprint density at radius 2 is 1.54 bits per heavy atom. The Morgan fingerprint density at radius 1 is 0.854 bits per heavy atom. The molecular weight excluding hydrogens is 600 g/mol. The smallest absolute Gasteiger partial charge is 0.245 e. The predicted octanol–water partition coefficient (Wildman–Crippen LogP) is 6.94. The highest BCUT2D eigenvalue weighted by molar-refractivity contribution is 5.89. The van der Waals surface area contributed by atoms with E-state index in [1.807, 2.05) is 122 Å². The first kappa shape index (κ1) is 32.0. The number of rotatable bonds is 10. The number of benzene rings is 3. The molecule has 2 fully saturated rings. The summed E-state index contributed by atoms with van der Waals surface area (Å²) in [6.45, 7) is 0.685. The maximum absolute atomic E-state index is 14.0. The maximum Gasteiger partial charge on any atom is 0.245 e. The van der Waals surface area contributed by atoms with Crippen LogP contribution >= 0.6 is 0 Å². The van der Waals surface area contributed by atoms with Crippen LogP contribution in [0.5, 0.6) is 0 Å². The highest BCUT2D eigenvalue weighted by atomic mass is 16.4. The van der Waals surface area contributed by atoms with Crippen molar-refractivity contribution in [2.45, 2.75) is 56.1 Å². The van der Waals surface area contributed by atoms with Gasteiger partial charge in [-0.3, -0.25) is 19.4 Å². The van der Waals surface area contributed by atoms with Gasteiger partial charge in [-0.15, -0.1) is 0 Å². The minimum atomic E-state index is -0.368. The van der Waals surface area contributed by atoms with Crippen molar-refractivity contribution in [2.24, 2.45) is 5.92 Å². The SMILES string of the molecule is CN(C)[C@@H](C(=O)C1CCC[C@H]1c1nc2ccc(-c3ncc([C@@H]4CCCN4C(=O)[C@@H](c4ccccc4)N(C)C)o3)cc2[nH]1)c1ccccc1. The van der Waals surface area contributed by atoms with E-state index < -0.39 is 0 Å². The van der Waals surface area contributed by atoms with Crippen LogP contribution in [0.25, 0.3) is 22.5 Å². The molecule has 1 unspecified atom stereocenters. The number of aromatic amines is 1. The zero-order valence-electron chi connectivity index (χ0n) is 28.2. The van der Waals surface area contributed by atoms with Gasteiger partial charge >= 0.3 is 0 Å². The molecule has 1 saturated heterocycles. The van der Waals surface area contributed by atoms with E-state index in [0.29, 0.717) is 18.2 Å². The van der Waals surface area contributed by atoms with E-state index in [2.05, 4.69) is 9.97 Å². The van der Waals surface area contributed by atoms with Crippen molar-refractivity contribution in [3.8, 4) is 11.5 Å². The molecule has 0 spiro atoms. The lowest BCUT2D eigenvalue weighted by atomic mass is 9.85. The molecule has 9 nitrogen and oxygen atoms in total. The molecule has 1 aliphatic carbocycles. The van der Waals surface area contributed by atoms with Crippen LogP contribution in [0, 0.1) is 5.92 Å². The molecule has 5 aromatic rings. The van der Waals surface area contributed by atoms with E-state index in [1.165, 1.54) is 0 Å². The summed E-state index contributed by atoms with van der Waals surface area (Å²) in [5.74, 6) is 2.35. The van der Waals surface area contributed by atoms with Crippen LogP contribution in [-0.2, 0) is 9.59 Å². The molecule has 3 aromatic carbocycles. The molecule has 9 heteroatoms. The number of likely N-dealkylation sites (tertiary alicyclic amines) is 1. The molecule has 7 rings (SSSR count). The van der Waals surface area contributed by atoms with Crippen molar-refractivity contribution in [3.63, 3.8) is 0 Å². The van der Waals surface area contributed by atoms with Gasteiger partial charge in [-0.1, -0.05) is 67.1 Å². The van der Waals surface area contributed by atoms with Gasteiger partial charge in [0.1, 0.15) is 17.6 Å². The molecule has 1 aliphatic heterocycles. The summed E-state index contributed by atoms with van der Waals surface area (Å²) in [5.41, 5.74) is 4.59. The van der Waals surface area contributed by atoms with Crippen LogP contribution in [0.4, 0.5) is 0 Å². The van der Waals surface area contributed by atoms with E-state index >= 15 is 0 Å². The predicted molar refractivity (Wildman–Crippen MR) is 186 cm³/mol. The number of Topliss-reactive ketones (excluding diaryl/α,β-unsaturated/α-hetero) is 1. The van der Waals surface area contributed by atoms with Crippen LogP contribution in [0.1, 0.15) is 78.9 Å². The van der Waals surface area contributed by atoms with Gasteiger partial charge in [-0.2, -0.15) is 0 Å². The topological polar surface area (TPSA) is 98.6 Å². The molecule has 2 aromatic heterocycles. The summed E-state index contributed by atoms with van der Waals surface area (Å²) in [6, 6.07) is 25.2. The summed E-state index contributed by atoms with van der Waals surface area (Å²) in [6.07, 6.45) is 6.30. The average molecular weight is 645 g/mol. The van der Waals surface area contributed by atoms with E-state index in [4.69, 9.17) is 9.40 Å². The zero-order chi connectivity index (χ0) is 33.4. The number of fused-ring (bicyclic) bond motifs is 1. The Balaban J connectivity index is 1.11. The number of carbonyl (C=O) groups is 2. The number of ketones is 1. The molecule has 1 saturated carbocycles. The number of aromatic nitrogens is 3. The highest BCUT2D eigenvalue weighted by Gasteiger charge is 2.40. The first-order valence-electron chi connectivity index (χ1n) is 17.0. The number of imidazole rings is 1. The van der Waals surface area contributed by atoms with Gasteiger partial charge < -0.3 is 14.3 Å². The molecule has 5 atom stereocenters. The number of likely N-dealkylation sites (N-methyl/N-ethyl adjacent to an activating group) is 2.